The zero-order valence-electron chi connectivity index (χ0n) is 17.6. The number of carbonyl (C=O) groups is 1. The van der Waals surface area contributed by atoms with Crippen molar-refractivity contribution >= 4 is 5.91 Å². The van der Waals surface area contributed by atoms with Gasteiger partial charge in [-0.25, -0.2) is 23.1 Å². The summed E-state index contributed by atoms with van der Waals surface area (Å²) in [4.78, 5) is 20.1. The minimum atomic E-state index is -4.60. The van der Waals surface area contributed by atoms with Crippen LogP contribution in [0.15, 0.2) is 30.6 Å². The van der Waals surface area contributed by atoms with Gasteiger partial charge in [-0.3, -0.25) is 4.79 Å². The fraction of sp³-hybridized carbons (Fsp3) is 0.500. The summed E-state index contributed by atoms with van der Waals surface area (Å²) >= 11 is 0. The smallest absolute Gasteiger partial charge is 0.351 e. The van der Waals surface area contributed by atoms with Gasteiger partial charge >= 0.3 is 6.18 Å². The molecule has 1 amide bonds. The lowest BCUT2D eigenvalue weighted by Crippen LogP contribution is -2.46. The first-order valence-corrected chi connectivity index (χ1v) is 10.1. The van der Waals surface area contributed by atoms with E-state index in [0.29, 0.717) is 18.4 Å². The van der Waals surface area contributed by atoms with E-state index in [1.54, 1.807) is 0 Å². The Balaban J connectivity index is 1.86. The third kappa shape index (κ3) is 5.05. The third-order valence-corrected chi connectivity index (χ3v) is 6.20. The number of amides is 1. The normalized spacial score (nSPS) is 23.9. The first-order valence-electron chi connectivity index (χ1n) is 10.1. The molecule has 1 aromatic carbocycles. The molecule has 1 fully saturated rings. The van der Waals surface area contributed by atoms with Crippen LogP contribution in [0.3, 0.4) is 0 Å². The quantitative estimate of drug-likeness (QED) is 0.583. The molecule has 1 aliphatic rings. The van der Waals surface area contributed by atoms with Crippen LogP contribution < -0.4 is 5.32 Å². The van der Waals surface area contributed by atoms with Gasteiger partial charge in [0.25, 0.3) is 12.3 Å². The number of hydrogen-bond donors (Lipinski definition) is 1. The molecular weight excluding hydrogens is 436 g/mol. The van der Waals surface area contributed by atoms with Crippen LogP contribution in [0.5, 0.6) is 0 Å². The van der Waals surface area contributed by atoms with Gasteiger partial charge < -0.3 is 5.32 Å². The maximum Gasteiger partial charge on any atom is 0.416 e. The second-order valence-electron chi connectivity index (χ2n) is 8.48. The molecule has 0 radical (unpaired) electrons. The average molecular weight is 459 g/mol. The van der Waals surface area contributed by atoms with Crippen molar-refractivity contribution in [2.75, 3.05) is 6.54 Å². The van der Waals surface area contributed by atoms with E-state index < -0.39 is 41.0 Å². The Morgan fingerprint density at radius 2 is 1.72 bits per heavy atom. The molecule has 2 aromatic rings. The molecule has 0 atom stereocenters. The van der Waals surface area contributed by atoms with Crippen LogP contribution in [0.4, 0.5) is 26.3 Å². The summed E-state index contributed by atoms with van der Waals surface area (Å²) in [6.07, 6.45) is -4.03. The zero-order valence-corrected chi connectivity index (χ0v) is 17.6. The summed E-state index contributed by atoms with van der Waals surface area (Å²) < 4.78 is 79.6. The lowest BCUT2D eigenvalue weighted by atomic mass is 9.66. The summed E-state index contributed by atoms with van der Waals surface area (Å²) in [5.74, 6) is -1.34. The number of nitrogens with one attached hydrogen (secondary N) is 1. The van der Waals surface area contributed by atoms with Crippen LogP contribution in [-0.2, 0) is 11.6 Å². The maximum absolute atomic E-state index is 14.4. The molecule has 32 heavy (non-hydrogen) atoms. The molecule has 0 bridgehead atoms. The molecule has 1 aliphatic carbocycles. The van der Waals surface area contributed by atoms with Gasteiger partial charge in [-0.2, -0.15) is 13.2 Å². The molecule has 1 N–H and O–H groups in total. The second kappa shape index (κ2) is 8.71. The number of halogens is 6. The fourth-order valence-corrected chi connectivity index (χ4v) is 4.08. The van der Waals surface area contributed by atoms with Crippen molar-refractivity contribution in [3.05, 3.63) is 58.7 Å². The molecule has 0 spiro atoms. The highest BCUT2D eigenvalue weighted by atomic mass is 19.4. The zero-order chi connectivity index (χ0) is 23.7. The van der Waals surface area contributed by atoms with Crippen molar-refractivity contribution in [2.45, 2.75) is 63.2 Å². The Kier molecular flexibility index (Phi) is 6.53. The van der Waals surface area contributed by atoms with E-state index in [1.807, 2.05) is 0 Å². The summed E-state index contributed by atoms with van der Waals surface area (Å²) in [5, 5.41) is 2.66. The number of rotatable bonds is 5. The molecule has 1 heterocycles. The van der Waals surface area contributed by atoms with E-state index in [-0.39, 0.29) is 30.5 Å². The SMILES string of the molecule is Cc1c(C(=O)NCC2(c3cnc(C(F)F)nc3)CCC(C)(F)CC2)cccc1C(F)(F)F. The van der Waals surface area contributed by atoms with Crippen LogP contribution in [0.25, 0.3) is 0 Å². The van der Waals surface area contributed by atoms with E-state index in [0.717, 1.165) is 12.1 Å². The number of alkyl halides is 6. The molecule has 0 aliphatic heterocycles. The van der Waals surface area contributed by atoms with Gasteiger partial charge in [0.15, 0.2) is 5.82 Å². The Morgan fingerprint density at radius 1 is 1.12 bits per heavy atom. The first kappa shape index (κ1) is 24.0. The van der Waals surface area contributed by atoms with Crippen LogP contribution >= 0.6 is 0 Å². The first-order chi connectivity index (χ1) is 14.8. The van der Waals surface area contributed by atoms with Gasteiger partial charge in [-0.15, -0.1) is 0 Å². The molecule has 4 nitrogen and oxygen atoms in total. The third-order valence-electron chi connectivity index (χ3n) is 6.20. The van der Waals surface area contributed by atoms with E-state index >= 15 is 0 Å². The summed E-state index contributed by atoms with van der Waals surface area (Å²) in [7, 11) is 0. The van der Waals surface area contributed by atoms with Crippen molar-refractivity contribution in [1.82, 2.24) is 15.3 Å². The van der Waals surface area contributed by atoms with E-state index in [1.165, 1.54) is 32.3 Å². The van der Waals surface area contributed by atoms with Crippen LogP contribution in [0, 0.1) is 6.92 Å². The summed E-state index contributed by atoms with van der Waals surface area (Å²) in [6.45, 7) is 2.67. The summed E-state index contributed by atoms with van der Waals surface area (Å²) in [5.41, 5.74) is -2.98. The van der Waals surface area contributed by atoms with Crippen LogP contribution in [-0.4, -0.2) is 28.1 Å². The Hall–Kier alpha value is -2.65. The fourth-order valence-electron chi connectivity index (χ4n) is 4.08. The van der Waals surface area contributed by atoms with Crippen molar-refractivity contribution in [3.8, 4) is 0 Å². The molecule has 10 heteroatoms. The minimum absolute atomic E-state index is 0.0189. The lowest BCUT2D eigenvalue weighted by Gasteiger charge is -2.42. The number of carbonyl (C=O) groups excluding carboxylic acids is 1. The van der Waals surface area contributed by atoms with Gasteiger partial charge in [0.2, 0.25) is 0 Å². The average Bonchev–Trinajstić information content (AvgIpc) is 2.72. The van der Waals surface area contributed by atoms with Crippen LogP contribution in [0.1, 0.15) is 71.9 Å². The predicted octanol–water partition coefficient (Wildman–Crippen LogP) is 5.71. The van der Waals surface area contributed by atoms with Gasteiger partial charge in [0.05, 0.1) is 5.56 Å². The molecular formula is C22H23F6N3O. The maximum atomic E-state index is 14.4. The highest BCUT2D eigenvalue weighted by Gasteiger charge is 2.42. The monoisotopic (exact) mass is 459 g/mol. The topological polar surface area (TPSA) is 54.9 Å². The van der Waals surface area contributed by atoms with Crippen molar-refractivity contribution in [2.24, 2.45) is 0 Å². The Bertz CT molecular complexity index is 963. The molecule has 3 rings (SSSR count). The standard InChI is InChI=1S/C22H23F6N3O/c1-13-15(4-3-5-16(13)22(26,27)28)19(32)31-12-21(8-6-20(2,25)7-9-21)14-10-29-18(17(23)24)30-11-14/h3-5,10-11,17H,6-9,12H2,1-2H3,(H,31,32). The highest BCUT2D eigenvalue weighted by molar-refractivity contribution is 5.96. The molecule has 1 saturated carbocycles. The minimum Gasteiger partial charge on any atom is -0.351 e. The Morgan fingerprint density at radius 3 is 2.25 bits per heavy atom. The second-order valence-corrected chi connectivity index (χ2v) is 8.48. The highest BCUT2D eigenvalue weighted by Crippen LogP contribution is 2.44. The van der Waals surface area contributed by atoms with Gasteiger partial charge in [-0.1, -0.05) is 6.07 Å². The van der Waals surface area contributed by atoms with Gasteiger partial charge in [0.1, 0.15) is 5.67 Å². The van der Waals surface area contributed by atoms with E-state index in [2.05, 4.69) is 15.3 Å². The number of hydrogen-bond acceptors (Lipinski definition) is 3. The lowest BCUT2D eigenvalue weighted by molar-refractivity contribution is -0.138. The number of benzene rings is 1. The molecule has 1 aromatic heterocycles. The Labute approximate surface area is 181 Å². The number of aromatic nitrogens is 2. The molecule has 174 valence electrons. The molecule has 0 saturated heterocycles. The van der Waals surface area contributed by atoms with Crippen LogP contribution in [0.2, 0.25) is 0 Å². The van der Waals surface area contributed by atoms with Crippen molar-refractivity contribution in [3.63, 3.8) is 0 Å². The molecule has 0 unspecified atom stereocenters. The van der Waals surface area contributed by atoms with Crippen molar-refractivity contribution < 1.29 is 31.1 Å². The number of nitrogens with zero attached hydrogens (tertiary/aromatic N) is 2. The van der Waals surface area contributed by atoms with E-state index in [9.17, 15) is 31.1 Å². The van der Waals surface area contributed by atoms with Gasteiger partial charge in [-0.05, 0) is 62.8 Å². The summed E-state index contributed by atoms with van der Waals surface area (Å²) in [6, 6.07) is 3.36. The predicted molar refractivity (Wildman–Crippen MR) is 105 cm³/mol. The van der Waals surface area contributed by atoms with E-state index in [4.69, 9.17) is 0 Å². The largest absolute Gasteiger partial charge is 0.416 e. The van der Waals surface area contributed by atoms with Gasteiger partial charge in [0, 0.05) is 29.9 Å². The van der Waals surface area contributed by atoms with Crippen molar-refractivity contribution in [1.29, 1.82) is 0 Å².